The second-order valence-corrected chi connectivity index (χ2v) is 5.55. The number of rotatable bonds is 5. The van der Waals surface area contributed by atoms with E-state index in [0.29, 0.717) is 18.0 Å². The maximum absolute atomic E-state index is 11.7. The highest BCUT2D eigenvalue weighted by Gasteiger charge is 2.15. The van der Waals surface area contributed by atoms with Gasteiger partial charge >= 0.3 is 12.0 Å². The third-order valence-electron chi connectivity index (χ3n) is 3.07. The van der Waals surface area contributed by atoms with Crippen LogP contribution >= 0.6 is 11.3 Å². The Bertz CT molecular complexity index is 471. The lowest BCUT2D eigenvalue weighted by Gasteiger charge is -2.23. The molecule has 0 aromatic carbocycles. The lowest BCUT2D eigenvalue weighted by Crippen LogP contribution is -2.47. The van der Waals surface area contributed by atoms with Gasteiger partial charge in [-0.2, -0.15) is 0 Å². The van der Waals surface area contributed by atoms with E-state index < -0.39 is 5.97 Å². The third kappa shape index (κ3) is 4.46. The molecule has 2 rings (SSSR count). The van der Waals surface area contributed by atoms with Gasteiger partial charge in [0.1, 0.15) is 0 Å². The quantitative estimate of drug-likeness (QED) is 0.631. The summed E-state index contributed by atoms with van der Waals surface area (Å²) in [5, 5.41) is 19.9. The number of nitrogens with zero attached hydrogens (tertiary/aromatic N) is 1. The van der Waals surface area contributed by atoms with Crippen LogP contribution < -0.4 is 16.0 Å². The minimum absolute atomic E-state index is 0.0594. The summed E-state index contributed by atoms with van der Waals surface area (Å²) in [4.78, 5) is 26.3. The first-order valence-corrected chi connectivity index (χ1v) is 7.46. The smallest absolute Gasteiger partial charge is 0.355 e. The number of carbonyl (C=O) groups excluding carboxylic acids is 1. The predicted octanol–water partition coefficient (Wildman–Crippen LogP) is 0.435. The van der Waals surface area contributed by atoms with Gasteiger partial charge < -0.3 is 21.1 Å². The molecule has 1 aromatic rings. The summed E-state index contributed by atoms with van der Waals surface area (Å²) in [6.45, 7) is 2.31. The summed E-state index contributed by atoms with van der Waals surface area (Å²) >= 11 is 1.29. The molecule has 0 spiro atoms. The fourth-order valence-electron chi connectivity index (χ4n) is 2.01. The van der Waals surface area contributed by atoms with Crippen molar-refractivity contribution in [3.8, 4) is 0 Å². The molecule has 2 amide bonds. The number of carbonyl (C=O) groups is 2. The number of hydrogen-bond donors (Lipinski definition) is 4. The Morgan fingerprint density at radius 1 is 1.45 bits per heavy atom. The van der Waals surface area contributed by atoms with Crippen LogP contribution in [0.2, 0.25) is 0 Å². The highest BCUT2D eigenvalue weighted by Crippen LogP contribution is 2.09. The molecular weight excluding hydrogens is 280 g/mol. The van der Waals surface area contributed by atoms with Gasteiger partial charge in [0.25, 0.3) is 0 Å². The van der Waals surface area contributed by atoms with Crippen molar-refractivity contribution in [3.05, 3.63) is 16.1 Å². The molecule has 110 valence electrons. The zero-order valence-electron chi connectivity index (χ0n) is 11.0. The van der Waals surface area contributed by atoms with E-state index in [-0.39, 0.29) is 17.8 Å². The second-order valence-electron chi connectivity index (χ2n) is 4.61. The van der Waals surface area contributed by atoms with Crippen molar-refractivity contribution in [2.24, 2.45) is 0 Å². The van der Waals surface area contributed by atoms with Gasteiger partial charge in [-0.3, -0.25) is 0 Å². The fraction of sp³-hybridized carbons (Fsp3) is 0.583. The number of aromatic carboxylic acids is 1. The summed E-state index contributed by atoms with van der Waals surface area (Å²) in [6, 6.07) is 0.0571. The van der Waals surface area contributed by atoms with Gasteiger partial charge in [-0.05, 0) is 25.9 Å². The Hall–Kier alpha value is -1.67. The number of urea groups is 1. The summed E-state index contributed by atoms with van der Waals surface area (Å²) in [5.74, 6) is -1.02. The Morgan fingerprint density at radius 3 is 2.85 bits per heavy atom. The first-order chi connectivity index (χ1) is 9.65. The van der Waals surface area contributed by atoms with Crippen LogP contribution in [0.5, 0.6) is 0 Å². The van der Waals surface area contributed by atoms with Gasteiger partial charge in [0.15, 0.2) is 5.69 Å². The Morgan fingerprint density at radius 2 is 2.20 bits per heavy atom. The van der Waals surface area contributed by atoms with E-state index in [4.69, 9.17) is 5.11 Å². The monoisotopic (exact) mass is 298 g/mol. The lowest BCUT2D eigenvalue weighted by molar-refractivity contribution is 0.0691. The minimum Gasteiger partial charge on any atom is -0.476 e. The Kier molecular flexibility index (Phi) is 5.31. The van der Waals surface area contributed by atoms with E-state index in [0.717, 1.165) is 25.9 Å². The highest BCUT2D eigenvalue weighted by atomic mass is 32.1. The normalized spacial score (nSPS) is 15.8. The van der Waals surface area contributed by atoms with Crippen molar-refractivity contribution < 1.29 is 14.7 Å². The molecular formula is C12H18N4O3S. The van der Waals surface area contributed by atoms with Crippen molar-refractivity contribution in [1.82, 2.24) is 20.9 Å². The van der Waals surface area contributed by atoms with Gasteiger partial charge in [-0.1, -0.05) is 0 Å². The summed E-state index contributed by atoms with van der Waals surface area (Å²) in [6.07, 6.45) is 2.43. The summed E-state index contributed by atoms with van der Waals surface area (Å²) < 4.78 is 0. The second kappa shape index (κ2) is 7.20. The number of carboxylic acid groups (broad SMARTS) is 1. The maximum atomic E-state index is 11.7. The Labute approximate surface area is 120 Å². The molecule has 1 aliphatic heterocycles. The lowest BCUT2D eigenvalue weighted by atomic mass is 10.1. The number of piperidine rings is 1. The molecule has 7 nitrogen and oxygen atoms in total. The SMILES string of the molecule is O=C(NCCc1nc(C(=O)O)cs1)NC1CCNCC1. The molecule has 1 aliphatic rings. The van der Waals surface area contributed by atoms with Crippen LogP contribution in [0.25, 0.3) is 0 Å². The van der Waals surface area contributed by atoms with Crippen molar-refractivity contribution in [3.63, 3.8) is 0 Å². The molecule has 0 bridgehead atoms. The summed E-state index contributed by atoms with van der Waals surface area (Å²) in [5.41, 5.74) is 0.0594. The predicted molar refractivity (Wildman–Crippen MR) is 75.2 cm³/mol. The van der Waals surface area contributed by atoms with Crippen LogP contribution in [-0.2, 0) is 6.42 Å². The number of amides is 2. The van der Waals surface area contributed by atoms with Crippen LogP contribution in [0.1, 0.15) is 28.3 Å². The number of nitrogens with one attached hydrogen (secondary N) is 3. The molecule has 0 radical (unpaired) electrons. The molecule has 0 aliphatic carbocycles. The van der Waals surface area contributed by atoms with Crippen LogP contribution in [0, 0.1) is 0 Å². The van der Waals surface area contributed by atoms with E-state index in [2.05, 4.69) is 20.9 Å². The third-order valence-corrected chi connectivity index (χ3v) is 3.98. The number of thiazole rings is 1. The molecule has 0 atom stereocenters. The van der Waals surface area contributed by atoms with E-state index >= 15 is 0 Å². The standard InChI is InChI=1S/C12H18N4O3S/c17-11(18)9-7-20-10(16-9)3-6-14-12(19)15-8-1-4-13-5-2-8/h7-8,13H,1-6H2,(H,17,18)(H2,14,15,19). The zero-order valence-corrected chi connectivity index (χ0v) is 11.8. The molecule has 1 fully saturated rings. The van der Waals surface area contributed by atoms with E-state index in [1.807, 2.05) is 0 Å². The molecule has 0 saturated carbocycles. The maximum Gasteiger partial charge on any atom is 0.355 e. The summed E-state index contributed by atoms with van der Waals surface area (Å²) in [7, 11) is 0. The van der Waals surface area contributed by atoms with Gasteiger partial charge in [-0.15, -0.1) is 11.3 Å². The largest absolute Gasteiger partial charge is 0.476 e. The molecule has 20 heavy (non-hydrogen) atoms. The van der Waals surface area contributed by atoms with E-state index in [9.17, 15) is 9.59 Å². The average Bonchev–Trinajstić information content (AvgIpc) is 2.89. The van der Waals surface area contributed by atoms with Crippen molar-refractivity contribution >= 4 is 23.3 Å². The van der Waals surface area contributed by atoms with Crippen molar-refractivity contribution in [2.75, 3.05) is 19.6 Å². The van der Waals surface area contributed by atoms with Gasteiger partial charge in [0.2, 0.25) is 0 Å². The van der Waals surface area contributed by atoms with Crippen molar-refractivity contribution in [1.29, 1.82) is 0 Å². The topological polar surface area (TPSA) is 103 Å². The number of hydrogen-bond acceptors (Lipinski definition) is 5. The van der Waals surface area contributed by atoms with Gasteiger partial charge in [-0.25, -0.2) is 14.6 Å². The van der Waals surface area contributed by atoms with E-state index in [1.54, 1.807) is 0 Å². The zero-order chi connectivity index (χ0) is 14.4. The van der Waals surface area contributed by atoms with Gasteiger partial charge in [0.05, 0.1) is 5.01 Å². The van der Waals surface area contributed by atoms with Crippen LogP contribution in [0.4, 0.5) is 4.79 Å². The fourth-order valence-corrected chi connectivity index (χ4v) is 2.78. The van der Waals surface area contributed by atoms with Crippen LogP contribution in [0.15, 0.2) is 5.38 Å². The first-order valence-electron chi connectivity index (χ1n) is 6.58. The molecule has 0 unspecified atom stereocenters. The number of carboxylic acids is 1. The molecule has 1 saturated heterocycles. The molecule has 4 N–H and O–H groups in total. The van der Waals surface area contributed by atoms with Crippen molar-refractivity contribution in [2.45, 2.75) is 25.3 Å². The highest BCUT2D eigenvalue weighted by molar-refractivity contribution is 7.09. The van der Waals surface area contributed by atoms with Crippen LogP contribution in [0.3, 0.4) is 0 Å². The molecule has 2 heterocycles. The molecule has 1 aromatic heterocycles. The van der Waals surface area contributed by atoms with Gasteiger partial charge in [0, 0.05) is 24.4 Å². The Balaban J connectivity index is 1.66. The molecule has 8 heteroatoms. The minimum atomic E-state index is -1.02. The van der Waals surface area contributed by atoms with Crippen LogP contribution in [-0.4, -0.2) is 47.8 Å². The van der Waals surface area contributed by atoms with E-state index in [1.165, 1.54) is 16.7 Å². The first kappa shape index (κ1) is 14.7. The number of aromatic nitrogens is 1. The average molecular weight is 298 g/mol.